The lowest BCUT2D eigenvalue weighted by Crippen LogP contribution is -2.00. The predicted octanol–water partition coefficient (Wildman–Crippen LogP) is 14.9. The van der Waals surface area contributed by atoms with Crippen LogP contribution < -0.4 is 0 Å². The van der Waals surface area contributed by atoms with Crippen molar-refractivity contribution in [3.63, 3.8) is 0 Å². The standard InChI is InChI=1S/C57H36N4O/c1-6-19-37(20-7-1)41-35-48(38-21-8-2-9-22-38)53-49(36-41)51-44(46-31-18-30-45-43-29-16-17-32-50(43)61(52(45)46)42-27-14-5-15-28-42)33-34-47(54(51)62-53)57-59-55(39-23-10-3-11-24-39)58-56(60-57)40-25-12-4-13-26-40/h1-36H. The third kappa shape index (κ3) is 5.90. The third-order valence-electron chi connectivity index (χ3n) is 11.9. The molecule has 5 heteroatoms. The molecule has 0 bridgehead atoms. The molecule has 0 saturated heterocycles. The second-order valence-electron chi connectivity index (χ2n) is 15.5. The SMILES string of the molecule is c1ccc(-c2cc(-c3ccccc3)c3oc4c(-c5nc(-c6ccccc6)nc(-c6ccccc6)n5)ccc(-c5cccc6c7ccccc7n(-c7ccccc7)c56)c4c3c2)cc1. The van der Waals surface area contributed by atoms with E-state index in [1.807, 2.05) is 60.7 Å². The fourth-order valence-corrected chi connectivity index (χ4v) is 9.02. The molecule has 3 aromatic heterocycles. The van der Waals surface area contributed by atoms with E-state index in [2.05, 4.69) is 162 Å². The minimum absolute atomic E-state index is 0.537. The highest BCUT2D eigenvalue weighted by molar-refractivity contribution is 6.22. The summed E-state index contributed by atoms with van der Waals surface area (Å²) in [5.74, 6) is 1.72. The molecule has 12 rings (SSSR count). The summed E-state index contributed by atoms with van der Waals surface area (Å²) in [5, 5.41) is 4.38. The van der Waals surface area contributed by atoms with Gasteiger partial charge in [-0.25, -0.2) is 15.0 Å². The molecule has 0 radical (unpaired) electrons. The van der Waals surface area contributed by atoms with Crippen molar-refractivity contribution in [3.05, 3.63) is 218 Å². The molecule has 0 aliphatic heterocycles. The van der Waals surface area contributed by atoms with Gasteiger partial charge in [0, 0.05) is 49.5 Å². The van der Waals surface area contributed by atoms with Gasteiger partial charge in [0.15, 0.2) is 17.5 Å². The zero-order valence-corrected chi connectivity index (χ0v) is 33.5. The number of hydrogen-bond acceptors (Lipinski definition) is 4. The van der Waals surface area contributed by atoms with E-state index >= 15 is 0 Å². The quantitative estimate of drug-likeness (QED) is 0.161. The molecule has 0 atom stereocenters. The summed E-state index contributed by atoms with van der Waals surface area (Å²) in [7, 11) is 0. The van der Waals surface area contributed by atoms with Crippen LogP contribution in [0.4, 0.5) is 0 Å². The highest BCUT2D eigenvalue weighted by Crippen LogP contribution is 2.48. The molecule has 0 amide bonds. The third-order valence-corrected chi connectivity index (χ3v) is 11.9. The van der Waals surface area contributed by atoms with Gasteiger partial charge in [0.05, 0.1) is 16.6 Å². The van der Waals surface area contributed by atoms with Crippen molar-refractivity contribution in [2.24, 2.45) is 0 Å². The molecular weight excluding hydrogens is 757 g/mol. The Hall–Kier alpha value is -8.41. The number of rotatable bonds is 7. The number of furan rings is 1. The van der Waals surface area contributed by atoms with Gasteiger partial charge in [-0.1, -0.05) is 182 Å². The van der Waals surface area contributed by atoms with Crippen LogP contribution in [0.5, 0.6) is 0 Å². The van der Waals surface area contributed by atoms with Crippen molar-refractivity contribution in [2.75, 3.05) is 0 Å². The maximum Gasteiger partial charge on any atom is 0.167 e. The Kier molecular flexibility index (Phi) is 8.42. The molecule has 3 heterocycles. The van der Waals surface area contributed by atoms with E-state index in [1.165, 1.54) is 10.8 Å². The molecule has 290 valence electrons. The molecule has 0 aliphatic rings. The number of hydrogen-bond donors (Lipinski definition) is 0. The van der Waals surface area contributed by atoms with Crippen LogP contribution >= 0.6 is 0 Å². The van der Waals surface area contributed by atoms with Crippen LogP contribution in [0.15, 0.2) is 223 Å². The highest BCUT2D eigenvalue weighted by atomic mass is 16.3. The van der Waals surface area contributed by atoms with Crippen molar-refractivity contribution >= 4 is 43.7 Å². The van der Waals surface area contributed by atoms with Gasteiger partial charge >= 0.3 is 0 Å². The average molecular weight is 793 g/mol. The van der Waals surface area contributed by atoms with Gasteiger partial charge in [0.2, 0.25) is 0 Å². The summed E-state index contributed by atoms with van der Waals surface area (Å²) >= 11 is 0. The molecule has 0 fully saturated rings. The van der Waals surface area contributed by atoms with Gasteiger partial charge in [0.25, 0.3) is 0 Å². The van der Waals surface area contributed by atoms with Gasteiger partial charge in [-0.15, -0.1) is 0 Å². The number of aromatic nitrogens is 4. The topological polar surface area (TPSA) is 56.7 Å². The van der Waals surface area contributed by atoms with E-state index in [0.717, 1.165) is 83.1 Å². The molecule has 12 aromatic rings. The van der Waals surface area contributed by atoms with E-state index in [-0.39, 0.29) is 0 Å². The largest absolute Gasteiger partial charge is 0.455 e. The van der Waals surface area contributed by atoms with E-state index < -0.39 is 0 Å². The number of para-hydroxylation sites is 3. The van der Waals surface area contributed by atoms with Crippen LogP contribution in [-0.4, -0.2) is 19.5 Å². The Morgan fingerprint density at radius 2 is 0.855 bits per heavy atom. The van der Waals surface area contributed by atoms with Crippen molar-refractivity contribution in [3.8, 4) is 73.2 Å². The predicted molar refractivity (Wildman–Crippen MR) is 254 cm³/mol. The molecular formula is C57H36N4O. The first kappa shape index (κ1) is 35.5. The molecule has 0 unspecified atom stereocenters. The Morgan fingerprint density at radius 3 is 1.52 bits per heavy atom. The van der Waals surface area contributed by atoms with E-state index in [0.29, 0.717) is 23.1 Å². The van der Waals surface area contributed by atoms with Crippen molar-refractivity contribution in [2.45, 2.75) is 0 Å². The van der Waals surface area contributed by atoms with E-state index in [4.69, 9.17) is 19.4 Å². The first-order valence-corrected chi connectivity index (χ1v) is 20.9. The Morgan fingerprint density at radius 1 is 0.323 bits per heavy atom. The number of benzene rings is 9. The summed E-state index contributed by atoms with van der Waals surface area (Å²) in [6.45, 7) is 0. The lowest BCUT2D eigenvalue weighted by atomic mass is 9.92. The Bertz CT molecular complexity index is 3540. The second kappa shape index (κ2) is 14.7. The fraction of sp³-hybridized carbons (Fsp3) is 0. The summed E-state index contributed by atoms with van der Waals surface area (Å²) in [6.07, 6.45) is 0. The smallest absolute Gasteiger partial charge is 0.167 e. The number of nitrogens with zero attached hydrogens (tertiary/aromatic N) is 4. The minimum Gasteiger partial charge on any atom is -0.455 e. The first-order chi connectivity index (χ1) is 30.8. The van der Waals surface area contributed by atoms with Crippen LogP contribution in [0.1, 0.15) is 0 Å². The molecule has 62 heavy (non-hydrogen) atoms. The van der Waals surface area contributed by atoms with Crippen LogP contribution in [0, 0.1) is 0 Å². The monoisotopic (exact) mass is 792 g/mol. The van der Waals surface area contributed by atoms with E-state index in [1.54, 1.807) is 0 Å². The van der Waals surface area contributed by atoms with Crippen molar-refractivity contribution in [1.29, 1.82) is 0 Å². The van der Waals surface area contributed by atoms with Gasteiger partial charge in [0.1, 0.15) is 11.2 Å². The molecule has 0 spiro atoms. The van der Waals surface area contributed by atoms with Crippen LogP contribution in [0.25, 0.3) is 117 Å². The summed E-state index contributed by atoms with van der Waals surface area (Å²) in [4.78, 5) is 15.5. The summed E-state index contributed by atoms with van der Waals surface area (Å²) in [6, 6.07) is 76.2. The van der Waals surface area contributed by atoms with Gasteiger partial charge < -0.3 is 8.98 Å². The lowest BCUT2D eigenvalue weighted by Gasteiger charge is -2.14. The maximum absolute atomic E-state index is 7.35. The normalized spacial score (nSPS) is 11.5. The molecule has 0 saturated carbocycles. The molecule has 0 N–H and O–H groups in total. The highest BCUT2D eigenvalue weighted by Gasteiger charge is 2.25. The summed E-state index contributed by atoms with van der Waals surface area (Å²) in [5.41, 5.74) is 14.0. The number of fused-ring (bicyclic) bond motifs is 6. The van der Waals surface area contributed by atoms with E-state index in [9.17, 15) is 0 Å². The first-order valence-electron chi connectivity index (χ1n) is 20.9. The molecule has 5 nitrogen and oxygen atoms in total. The van der Waals surface area contributed by atoms with Gasteiger partial charge in [-0.3, -0.25) is 0 Å². The van der Waals surface area contributed by atoms with Crippen molar-refractivity contribution in [1.82, 2.24) is 19.5 Å². The summed E-state index contributed by atoms with van der Waals surface area (Å²) < 4.78 is 9.75. The van der Waals surface area contributed by atoms with Crippen LogP contribution in [0.2, 0.25) is 0 Å². The second-order valence-corrected chi connectivity index (χ2v) is 15.5. The minimum atomic E-state index is 0.537. The van der Waals surface area contributed by atoms with Gasteiger partial charge in [-0.2, -0.15) is 0 Å². The Labute approximate surface area is 357 Å². The fourth-order valence-electron chi connectivity index (χ4n) is 9.02. The van der Waals surface area contributed by atoms with Crippen LogP contribution in [0.3, 0.4) is 0 Å². The zero-order valence-electron chi connectivity index (χ0n) is 33.5. The van der Waals surface area contributed by atoms with Crippen molar-refractivity contribution < 1.29 is 4.42 Å². The van der Waals surface area contributed by atoms with Gasteiger partial charge in [-0.05, 0) is 58.7 Å². The molecule has 9 aromatic carbocycles. The average Bonchev–Trinajstić information content (AvgIpc) is 3.91. The lowest BCUT2D eigenvalue weighted by molar-refractivity contribution is 0.670. The zero-order chi connectivity index (χ0) is 41.0. The maximum atomic E-state index is 7.35. The van der Waals surface area contributed by atoms with Crippen LogP contribution in [-0.2, 0) is 0 Å². The Balaban J connectivity index is 1.23. The molecule has 0 aliphatic carbocycles.